The van der Waals surface area contributed by atoms with Gasteiger partial charge in [0.1, 0.15) is 11.6 Å². The molecule has 1 aromatic heterocycles. The first kappa shape index (κ1) is 12.5. The van der Waals surface area contributed by atoms with Crippen LogP contribution < -0.4 is 0 Å². The van der Waals surface area contributed by atoms with Gasteiger partial charge in [-0.15, -0.1) is 0 Å². The number of Topliss-reactive ketones (excluding diaryl/α,β-unsaturated/α-hetero) is 1. The van der Waals surface area contributed by atoms with E-state index in [-0.39, 0.29) is 6.42 Å². The third-order valence-electron chi connectivity index (χ3n) is 2.72. The number of carbonyl (C=O) groups is 1. The molecule has 0 amide bonds. The van der Waals surface area contributed by atoms with E-state index in [9.17, 15) is 13.6 Å². The van der Waals surface area contributed by atoms with E-state index in [1.807, 2.05) is 6.92 Å². The first-order valence-electron chi connectivity index (χ1n) is 5.60. The van der Waals surface area contributed by atoms with Gasteiger partial charge in [-0.2, -0.15) is 0 Å². The van der Waals surface area contributed by atoms with Gasteiger partial charge < -0.3 is 4.98 Å². The predicted molar refractivity (Wildman–Crippen MR) is 64.7 cm³/mol. The van der Waals surface area contributed by atoms with Gasteiger partial charge in [0.15, 0.2) is 5.78 Å². The fourth-order valence-electron chi connectivity index (χ4n) is 1.91. The van der Waals surface area contributed by atoms with Crippen molar-refractivity contribution in [2.75, 3.05) is 0 Å². The lowest BCUT2D eigenvalue weighted by Crippen LogP contribution is -2.09. The summed E-state index contributed by atoms with van der Waals surface area (Å²) in [6.07, 6.45) is 1.65. The lowest BCUT2D eigenvalue weighted by molar-refractivity contribution is 0.0985. The van der Waals surface area contributed by atoms with Gasteiger partial charge in [-0.05, 0) is 43.2 Å². The molecule has 1 N–H and O–H groups in total. The number of H-pyrrole nitrogens is 1. The van der Waals surface area contributed by atoms with Crippen molar-refractivity contribution in [3.8, 4) is 0 Å². The van der Waals surface area contributed by atoms with E-state index in [2.05, 4.69) is 4.98 Å². The maximum atomic E-state index is 13.6. The maximum absolute atomic E-state index is 13.6. The monoisotopic (exact) mass is 249 g/mol. The summed E-state index contributed by atoms with van der Waals surface area (Å²) in [5.41, 5.74) is 1.62. The fraction of sp³-hybridized carbons (Fsp3) is 0.214. The van der Waals surface area contributed by atoms with E-state index in [0.717, 1.165) is 11.3 Å². The van der Waals surface area contributed by atoms with Gasteiger partial charge in [0.2, 0.25) is 0 Å². The molecule has 0 bridgehead atoms. The Morgan fingerprint density at radius 3 is 2.28 bits per heavy atom. The number of hydrogen-bond acceptors (Lipinski definition) is 1. The number of benzene rings is 1. The molecule has 0 atom stereocenters. The highest BCUT2D eigenvalue weighted by atomic mass is 19.1. The highest BCUT2D eigenvalue weighted by Crippen LogP contribution is 2.17. The number of ketones is 1. The van der Waals surface area contributed by atoms with Crippen molar-refractivity contribution in [1.82, 2.24) is 4.98 Å². The molecule has 1 aromatic carbocycles. The van der Waals surface area contributed by atoms with E-state index in [0.29, 0.717) is 5.56 Å². The number of halogens is 2. The molecule has 0 unspecified atom stereocenters. The van der Waals surface area contributed by atoms with E-state index < -0.39 is 23.0 Å². The molecule has 94 valence electrons. The molecule has 0 aliphatic heterocycles. The summed E-state index contributed by atoms with van der Waals surface area (Å²) in [5.74, 6) is -2.15. The zero-order valence-electron chi connectivity index (χ0n) is 10.2. The first-order chi connectivity index (χ1) is 8.47. The Morgan fingerprint density at radius 1 is 1.17 bits per heavy atom. The van der Waals surface area contributed by atoms with Gasteiger partial charge in [0.05, 0.1) is 5.56 Å². The Morgan fingerprint density at radius 2 is 1.78 bits per heavy atom. The molecule has 1 heterocycles. The summed E-state index contributed by atoms with van der Waals surface area (Å²) >= 11 is 0. The van der Waals surface area contributed by atoms with Crippen molar-refractivity contribution in [1.29, 1.82) is 0 Å². The maximum Gasteiger partial charge on any atom is 0.173 e. The Kier molecular flexibility index (Phi) is 3.28. The van der Waals surface area contributed by atoms with Crippen LogP contribution >= 0.6 is 0 Å². The quantitative estimate of drug-likeness (QED) is 0.831. The molecular weight excluding hydrogens is 236 g/mol. The highest BCUT2D eigenvalue weighted by Gasteiger charge is 2.18. The largest absolute Gasteiger partial charge is 0.365 e. The van der Waals surface area contributed by atoms with Gasteiger partial charge >= 0.3 is 0 Å². The molecule has 2 nitrogen and oxygen atoms in total. The summed E-state index contributed by atoms with van der Waals surface area (Å²) in [7, 11) is 0. The number of nitrogens with one attached hydrogen (secondary N) is 1. The normalized spacial score (nSPS) is 10.7. The summed E-state index contributed by atoms with van der Waals surface area (Å²) in [5, 5.41) is 0. The second-order valence-electron chi connectivity index (χ2n) is 4.39. The van der Waals surface area contributed by atoms with Crippen LogP contribution in [0.2, 0.25) is 0 Å². The number of aryl methyl sites for hydroxylation is 2. The van der Waals surface area contributed by atoms with Crippen LogP contribution in [0.3, 0.4) is 0 Å². The zero-order chi connectivity index (χ0) is 13.3. The minimum Gasteiger partial charge on any atom is -0.365 e. The van der Waals surface area contributed by atoms with Crippen LogP contribution in [0.25, 0.3) is 0 Å². The van der Waals surface area contributed by atoms with Gasteiger partial charge in [0, 0.05) is 18.3 Å². The Labute approximate surface area is 104 Å². The molecular formula is C14H13F2NO. The summed E-state index contributed by atoms with van der Waals surface area (Å²) < 4.78 is 27.2. The molecule has 2 aromatic rings. The van der Waals surface area contributed by atoms with Gasteiger partial charge in [0.25, 0.3) is 0 Å². The van der Waals surface area contributed by atoms with Crippen LogP contribution in [-0.4, -0.2) is 10.8 Å². The molecule has 0 aliphatic rings. The van der Waals surface area contributed by atoms with E-state index in [1.165, 1.54) is 12.1 Å². The number of rotatable bonds is 3. The van der Waals surface area contributed by atoms with Crippen LogP contribution in [0.1, 0.15) is 27.2 Å². The zero-order valence-corrected chi connectivity index (χ0v) is 10.2. The SMILES string of the molecule is Cc1cc(F)c(C(=O)Cc2c[nH]c(C)c2)c(F)c1. The highest BCUT2D eigenvalue weighted by molar-refractivity contribution is 5.98. The van der Waals surface area contributed by atoms with E-state index in [1.54, 1.807) is 19.2 Å². The Balaban J connectivity index is 2.29. The fourth-order valence-corrected chi connectivity index (χ4v) is 1.91. The van der Waals surface area contributed by atoms with Crippen molar-refractivity contribution < 1.29 is 13.6 Å². The van der Waals surface area contributed by atoms with Crippen molar-refractivity contribution in [3.63, 3.8) is 0 Å². The Bertz CT molecular complexity index is 579. The molecule has 0 saturated carbocycles. The molecule has 2 rings (SSSR count). The topological polar surface area (TPSA) is 32.9 Å². The summed E-state index contributed by atoms with van der Waals surface area (Å²) in [4.78, 5) is 14.8. The van der Waals surface area contributed by atoms with Crippen LogP contribution in [-0.2, 0) is 6.42 Å². The average Bonchev–Trinajstić information content (AvgIpc) is 2.62. The number of aromatic nitrogens is 1. The average molecular weight is 249 g/mol. The minimum atomic E-state index is -0.801. The third kappa shape index (κ3) is 2.47. The molecule has 0 fully saturated rings. The Hall–Kier alpha value is -1.97. The van der Waals surface area contributed by atoms with Crippen LogP contribution in [0.5, 0.6) is 0 Å². The molecule has 0 spiro atoms. The van der Waals surface area contributed by atoms with Crippen LogP contribution in [0, 0.1) is 25.5 Å². The van der Waals surface area contributed by atoms with Crippen molar-refractivity contribution in [2.24, 2.45) is 0 Å². The standard InChI is InChI=1S/C14H13F2NO/c1-8-3-11(15)14(12(16)4-8)13(18)6-10-5-9(2)17-7-10/h3-5,7,17H,6H2,1-2H3. The number of aromatic amines is 1. The second-order valence-corrected chi connectivity index (χ2v) is 4.39. The first-order valence-corrected chi connectivity index (χ1v) is 5.60. The van der Waals surface area contributed by atoms with Crippen molar-refractivity contribution in [3.05, 3.63) is 58.4 Å². The molecule has 0 radical (unpaired) electrons. The molecule has 18 heavy (non-hydrogen) atoms. The predicted octanol–water partition coefficient (Wildman–Crippen LogP) is 3.34. The van der Waals surface area contributed by atoms with Crippen molar-refractivity contribution >= 4 is 5.78 Å². The third-order valence-corrected chi connectivity index (χ3v) is 2.72. The molecule has 0 saturated heterocycles. The number of hydrogen-bond donors (Lipinski definition) is 1. The second kappa shape index (κ2) is 4.72. The van der Waals surface area contributed by atoms with Gasteiger partial charge in [-0.1, -0.05) is 0 Å². The molecule has 4 heteroatoms. The van der Waals surface area contributed by atoms with Crippen LogP contribution in [0.15, 0.2) is 24.4 Å². The lowest BCUT2D eigenvalue weighted by Gasteiger charge is -2.04. The minimum absolute atomic E-state index is 0.0127. The van der Waals surface area contributed by atoms with E-state index in [4.69, 9.17) is 0 Å². The van der Waals surface area contributed by atoms with Gasteiger partial charge in [-0.3, -0.25) is 4.79 Å². The smallest absolute Gasteiger partial charge is 0.173 e. The molecule has 0 aliphatic carbocycles. The van der Waals surface area contributed by atoms with Crippen LogP contribution in [0.4, 0.5) is 8.78 Å². The van der Waals surface area contributed by atoms with Gasteiger partial charge in [-0.25, -0.2) is 8.78 Å². The summed E-state index contributed by atoms with van der Waals surface area (Å²) in [6, 6.07) is 4.11. The number of carbonyl (C=O) groups excluding carboxylic acids is 1. The van der Waals surface area contributed by atoms with E-state index >= 15 is 0 Å². The summed E-state index contributed by atoms with van der Waals surface area (Å²) in [6.45, 7) is 3.43. The lowest BCUT2D eigenvalue weighted by atomic mass is 10.0. The van der Waals surface area contributed by atoms with Crippen molar-refractivity contribution in [2.45, 2.75) is 20.3 Å².